The van der Waals surface area contributed by atoms with E-state index < -0.39 is 21.9 Å². The van der Waals surface area contributed by atoms with Crippen LogP contribution in [-0.4, -0.2) is 18.0 Å². The lowest BCUT2D eigenvalue weighted by molar-refractivity contribution is 0.408. The number of imidazole rings is 1. The van der Waals surface area contributed by atoms with Crippen LogP contribution in [0.25, 0.3) is 0 Å². The lowest BCUT2D eigenvalue weighted by Gasteiger charge is -2.17. The maximum absolute atomic E-state index is 13.6. The van der Waals surface area contributed by atoms with Crippen LogP contribution in [0, 0.1) is 19.7 Å². The van der Waals surface area contributed by atoms with Crippen LogP contribution >= 0.6 is 0 Å². The standard InChI is InChI=1S/C21H24FN3O3S/c1-5-25-19(13-23-21(25)28-18-10-6-14(2)7-11-18)16(4)24-29(26,27)20-12-17(22)9-8-15(20)3/h6-13,16,24H,5H2,1-4H3. The highest BCUT2D eigenvalue weighted by molar-refractivity contribution is 7.89. The van der Waals surface area contributed by atoms with Crippen molar-refractivity contribution >= 4 is 10.0 Å². The number of sulfonamides is 1. The molecule has 1 N–H and O–H groups in total. The second-order valence-electron chi connectivity index (χ2n) is 6.88. The van der Waals surface area contributed by atoms with E-state index in [1.807, 2.05) is 38.1 Å². The van der Waals surface area contributed by atoms with Gasteiger partial charge in [0.1, 0.15) is 11.6 Å². The molecule has 0 radical (unpaired) electrons. The third kappa shape index (κ3) is 4.65. The van der Waals surface area contributed by atoms with Crippen LogP contribution < -0.4 is 9.46 Å². The average Bonchev–Trinajstić information content (AvgIpc) is 3.08. The normalized spacial score (nSPS) is 12.7. The molecule has 3 rings (SSSR count). The fraction of sp³-hybridized carbons (Fsp3) is 0.286. The summed E-state index contributed by atoms with van der Waals surface area (Å²) in [5.74, 6) is 0.0436. The molecule has 0 aliphatic heterocycles. The molecule has 8 heteroatoms. The highest BCUT2D eigenvalue weighted by atomic mass is 32.2. The van der Waals surface area contributed by atoms with E-state index in [0.717, 1.165) is 11.6 Å². The second kappa shape index (κ2) is 8.34. The molecule has 0 bridgehead atoms. The van der Waals surface area contributed by atoms with Gasteiger partial charge in [-0.3, -0.25) is 4.57 Å². The molecule has 0 amide bonds. The first-order valence-electron chi connectivity index (χ1n) is 9.29. The van der Waals surface area contributed by atoms with Gasteiger partial charge in [-0.2, -0.15) is 0 Å². The van der Waals surface area contributed by atoms with E-state index in [2.05, 4.69) is 9.71 Å². The third-order valence-corrected chi connectivity index (χ3v) is 6.29. The number of rotatable bonds is 7. The summed E-state index contributed by atoms with van der Waals surface area (Å²) in [5.41, 5.74) is 2.23. The number of hydrogen-bond acceptors (Lipinski definition) is 4. The molecule has 6 nitrogen and oxygen atoms in total. The molecular formula is C21H24FN3O3S. The number of nitrogens with zero attached hydrogens (tertiary/aromatic N) is 2. The largest absolute Gasteiger partial charge is 0.426 e. The number of aromatic nitrogens is 2. The summed E-state index contributed by atoms with van der Waals surface area (Å²) in [6, 6.07) is 11.1. The first-order valence-corrected chi connectivity index (χ1v) is 10.8. The summed E-state index contributed by atoms with van der Waals surface area (Å²) < 4.78 is 49.4. The first kappa shape index (κ1) is 21.0. The van der Waals surface area contributed by atoms with Gasteiger partial charge in [-0.05, 0) is 57.5 Å². The quantitative estimate of drug-likeness (QED) is 0.615. The number of benzene rings is 2. The highest BCUT2D eigenvalue weighted by Crippen LogP contribution is 2.26. The molecule has 0 spiro atoms. The van der Waals surface area contributed by atoms with Gasteiger partial charge >= 0.3 is 6.01 Å². The van der Waals surface area contributed by atoms with Crippen molar-refractivity contribution in [2.24, 2.45) is 0 Å². The smallest absolute Gasteiger partial charge is 0.302 e. The van der Waals surface area contributed by atoms with Gasteiger partial charge in [0.2, 0.25) is 10.0 Å². The van der Waals surface area contributed by atoms with E-state index >= 15 is 0 Å². The number of halogens is 1. The van der Waals surface area contributed by atoms with Crippen molar-refractivity contribution in [3.05, 3.63) is 71.3 Å². The van der Waals surface area contributed by atoms with Crippen LogP contribution in [0.5, 0.6) is 11.8 Å². The van der Waals surface area contributed by atoms with Crippen LogP contribution in [0.4, 0.5) is 4.39 Å². The van der Waals surface area contributed by atoms with E-state index in [0.29, 0.717) is 29.6 Å². The summed E-state index contributed by atoms with van der Waals surface area (Å²) in [6.07, 6.45) is 1.58. The molecule has 0 aliphatic rings. The summed E-state index contributed by atoms with van der Waals surface area (Å²) in [5, 5.41) is 0. The molecule has 154 valence electrons. The first-order chi connectivity index (χ1) is 13.7. The summed E-state index contributed by atoms with van der Waals surface area (Å²) in [6.45, 7) is 7.79. The van der Waals surface area contributed by atoms with Crippen LogP contribution in [0.2, 0.25) is 0 Å². The highest BCUT2D eigenvalue weighted by Gasteiger charge is 2.24. The number of ether oxygens (including phenoxy) is 1. The van der Waals surface area contributed by atoms with E-state index in [1.54, 1.807) is 24.6 Å². The van der Waals surface area contributed by atoms with Crippen molar-refractivity contribution in [1.29, 1.82) is 0 Å². The monoisotopic (exact) mass is 417 g/mol. The Hall–Kier alpha value is -2.71. The maximum atomic E-state index is 13.6. The fourth-order valence-electron chi connectivity index (χ4n) is 3.05. The summed E-state index contributed by atoms with van der Waals surface area (Å²) >= 11 is 0. The molecule has 29 heavy (non-hydrogen) atoms. The van der Waals surface area contributed by atoms with Crippen molar-refractivity contribution in [2.75, 3.05) is 0 Å². The molecular weight excluding hydrogens is 393 g/mol. The Balaban J connectivity index is 1.85. The molecule has 1 aromatic heterocycles. The van der Waals surface area contributed by atoms with Gasteiger partial charge < -0.3 is 4.74 Å². The Labute approximate surface area is 170 Å². The van der Waals surface area contributed by atoms with Gasteiger partial charge in [-0.15, -0.1) is 0 Å². The summed E-state index contributed by atoms with van der Waals surface area (Å²) in [7, 11) is -3.91. The van der Waals surface area contributed by atoms with Gasteiger partial charge in [0, 0.05) is 6.54 Å². The minimum Gasteiger partial charge on any atom is -0.426 e. The van der Waals surface area contributed by atoms with Crippen molar-refractivity contribution in [1.82, 2.24) is 14.3 Å². The fourth-order valence-corrected chi connectivity index (χ4v) is 4.52. The third-order valence-electron chi connectivity index (χ3n) is 4.61. The van der Waals surface area contributed by atoms with E-state index in [4.69, 9.17) is 4.74 Å². The Morgan fingerprint density at radius 3 is 2.52 bits per heavy atom. The van der Waals surface area contributed by atoms with Gasteiger partial charge in [0.25, 0.3) is 0 Å². The van der Waals surface area contributed by atoms with Crippen molar-refractivity contribution < 1.29 is 17.5 Å². The molecule has 1 atom stereocenters. The molecule has 0 aliphatic carbocycles. The second-order valence-corrected chi connectivity index (χ2v) is 8.56. The van der Waals surface area contributed by atoms with E-state index in [9.17, 15) is 12.8 Å². The predicted molar refractivity (Wildman–Crippen MR) is 109 cm³/mol. The molecule has 1 heterocycles. The minimum atomic E-state index is -3.91. The average molecular weight is 418 g/mol. The Morgan fingerprint density at radius 2 is 1.86 bits per heavy atom. The SMILES string of the molecule is CCn1c(C(C)NS(=O)(=O)c2cc(F)ccc2C)cnc1Oc1ccc(C)cc1. The topological polar surface area (TPSA) is 73.2 Å². The Bertz CT molecular complexity index is 1110. The van der Waals surface area contributed by atoms with Crippen LogP contribution in [0.1, 0.15) is 36.7 Å². The van der Waals surface area contributed by atoms with Crippen molar-refractivity contribution in [3.8, 4) is 11.8 Å². The number of nitrogens with one attached hydrogen (secondary N) is 1. The van der Waals surface area contributed by atoms with Gasteiger partial charge in [0.05, 0.1) is 22.8 Å². The Kier molecular flexibility index (Phi) is 6.04. The molecule has 0 fully saturated rings. The van der Waals surface area contributed by atoms with Crippen LogP contribution in [0.3, 0.4) is 0 Å². The number of aryl methyl sites for hydroxylation is 2. The Morgan fingerprint density at radius 1 is 1.17 bits per heavy atom. The van der Waals surface area contributed by atoms with Crippen LogP contribution in [-0.2, 0) is 16.6 Å². The lowest BCUT2D eigenvalue weighted by atomic mass is 10.2. The zero-order valence-electron chi connectivity index (χ0n) is 16.8. The predicted octanol–water partition coefficient (Wildman–Crippen LogP) is 4.49. The molecule has 0 saturated carbocycles. The molecule has 2 aromatic carbocycles. The van der Waals surface area contributed by atoms with Gasteiger partial charge in [-0.25, -0.2) is 22.5 Å². The van der Waals surface area contributed by atoms with Crippen molar-refractivity contribution in [3.63, 3.8) is 0 Å². The molecule has 0 saturated heterocycles. The zero-order valence-corrected chi connectivity index (χ0v) is 17.6. The lowest BCUT2D eigenvalue weighted by Crippen LogP contribution is -2.29. The van der Waals surface area contributed by atoms with E-state index in [1.165, 1.54) is 12.1 Å². The number of hydrogen-bond donors (Lipinski definition) is 1. The molecule has 1 unspecified atom stereocenters. The van der Waals surface area contributed by atoms with Crippen LogP contribution in [0.15, 0.2) is 53.6 Å². The van der Waals surface area contributed by atoms with Gasteiger partial charge in [0.15, 0.2) is 0 Å². The minimum absolute atomic E-state index is 0.0805. The van der Waals surface area contributed by atoms with E-state index in [-0.39, 0.29) is 4.90 Å². The van der Waals surface area contributed by atoms with Crippen molar-refractivity contribution in [2.45, 2.75) is 45.2 Å². The zero-order chi connectivity index (χ0) is 21.2. The maximum Gasteiger partial charge on any atom is 0.302 e. The molecule has 3 aromatic rings. The summed E-state index contributed by atoms with van der Waals surface area (Å²) in [4.78, 5) is 4.23. The van der Waals surface area contributed by atoms with Gasteiger partial charge in [-0.1, -0.05) is 23.8 Å².